The Labute approximate surface area is 173 Å². The average molecular weight is 413 g/mol. The molecule has 0 fully saturated rings. The summed E-state index contributed by atoms with van der Waals surface area (Å²) in [5, 5.41) is 7.72. The molecule has 2 N–H and O–H groups in total. The van der Waals surface area contributed by atoms with Crippen molar-refractivity contribution in [1.29, 1.82) is 0 Å². The second-order valence-electron chi connectivity index (χ2n) is 6.71. The summed E-state index contributed by atoms with van der Waals surface area (Å²) in [5.74, 6) is -0.301. The number of nitrogens with one attached hydrogen (secondary N) is 2. The highest BCUT2D eigenvalue weighted by atomic mass is 32.1. The Morgan fingerprint density at radius 1 is 1.21 bits per heavy atom. The molecule has 0 aliphatic carbocycles. The number of rotatable bonds is 9. The van der Waals surface area contributed by atoms with Gasteiger partial charge in [-0.2, -0.15) is 0 Å². The van der Waals surface area contributed by atoms with E-state index >= 15 is 0 Å². The maximum absolute atomic E-state index is 12.2. The first-order valence-electron chi connectivity index (χ1n) is 9.25. The van der Waals surface area contributed by atoms with Gasteiger partial charge in [0.05, 0.1) is 31.1 Å². The molecule has 3 rings (SSSR count). The topological polar surface area (TPSA) is 93.5 Å². The van der Waals surface area contributed by atoms with E-state index in [0.717, 1.165) is 11.1 Å². The molecule has 0 bridgehead atoms. The predicted molar refractivity (Wildman–Crippen MR) is 111 cm³/mol. The first-order valence-corrected chi connectivity index (χ1v) is 10.1. The smallest absolute Gasteiger partial charge is 0.293 e. The van der Waals surface area contributed by atoms with Gasteiger partial charge in [-0.15, -0.1) is 11.3 Å². The molecule has 0 aliphatic rings. The lowest BCUT2D eigenvalue weighted by molar-refractivity contribution is -0.120. The van der Waals surface area contributed by atoms with Crippen molar-refractivity contribution in [3.05, 3.63) is 70.6 Å². The quantitative estimate of drug-likeness (QED) is 0.557. The van der Waals surface area contributed by atoms with Crippen molar-refractivity contribution in [3.8, 4) is 0 Å². The van der Waals surface area contributed by atoms with E-state index in [1.54, 1.807) is 17.5 Å². The van der Waals surface area contributed by atoms with Gasteiger partial charge in [-0.1, -0.05) is 24.3 Å². The third-order valence-corrected chi connectivity index (χ3v) is 4.73. The lowest BCUT2D eigenvalue weighted by Gasteiger charge is -2.09. The number of carbonyl (C=O) groups is 2. The normalized spacial score (nSPS) is 10.9. The molecule has 2 aromatic heterocycles. The summed E-state index contributed by atoms with van der Waals surface area (Å²) in [6.45, 7) is 4.97. The molecule has 0 aliphatic heterocycles. The van der Waals surface area contributed by atoms with Crippen LogP contribution in [0.4, 0.5) is 5.13 Å². The maximum Gasteiger partial charge on any atom is 0.293 e. The minimum atomic E-state index is -0.373. The van der Waals surface area contributed by atoms with Gasteiger partial charge in [0.2, 0.25) is 5.91 Å². The number of nitrogens with zero attached hydrogens (tertiary/aromatic N) is 1. The molecule has 7 nitrogen and oxygen atoms in total. The van der Waals surface area contributed by atoms with Gasteiger partial charge in [0, 0.05) is 11.9 Å². The van der Waals surface area contributed by atoms with Crippen LogP contribution in [0.3, 0.4) is 0 Å². The van der Waals surface area contributed by atoms with Gasteiger partial charge in [-0.25, -0.2) is 4.98 Å². The molecule has 0 spiro atoms. The number of ether oxygens (including phenoxy) is 1. The van der Waals surface area contributed by atoms with Gasteiger partial charge < -0.3 is 14.5 Å². The first kappa shape index (κ1) is 20.8. The van der Waals surface area contributed by atoms with Crippen LogP contribution in [0.25, 0.3) is 0 Å². The van der Waals surface area contributed by atoms with Crippen molar-refractivity contribution in [1.82, 2.24) is 10.3 Å². The number of thiazole rings is 1. The van der Waals surface area contributed by atoms with Crippen molar-refractivity contribution >= 4 is 28.3 Å². The monoisotopic (exact) mass is 413 g/mol. The number of furan rings is 1. The molecule has 0 unspecified atom stereocenters. The van der Waals surface area contributed by atoms with E-state index in [9.17, 15) is 9.59 Å². The Morgan fingerprint density at radius 3 is 2.79 bits per heavy atom. The third-order valence-electron chi connectivity index (χ3n) is 3.92. The standard InChI is InChI=1S/C21H23N3O4S/c1-14(2)28-12-16-6-3-5-15(9-16)11-22-19(25)10-17-13-29-21(23-17)24-20(26)18-7-4-8-27-18/h3-9,13-14H,10-12H2,1-2H3,(H,22,25)(H,23,24,26). The zero-order valence-electron chi connectivity index (χ0n) is 16.3. The van der Waals surface area contributed by atoms with Crippen LogP contribution in [0, 0.1) is 0 Å². The van der Waals surface area contributed by atoms with Crippen molar-refractivity contribution in [2.24, 2.45) is 0 Å². The maximum atomic E-state index is 12.2. The molecule has 3 aromatic rings. The van der Waals surface area contributed by atoms with E-state index in [4.69, 9.17) is 9.15 Å². The summed E-state index contributed by atoms with van der Waals surface area (Å²) in [7, 11) is 0. The van der Waals surface area contributed by atoms with E-state index < -0.39 is 0 Å². The Morgan fingerprint density at radius 2 is 2.03 bits per heavy atom. The van der Waals surface area contributed by atoms with E-state index in [1.807, 2.05) is 38.1 Å². The molecule has 0 saturated heterocycles. The van der Waals surface area contributed by atoms with Crippen LogP contribution in [-0.4, -0.2) is 22.9 Å². The van der Waals surface area contributed by atoms with Crippen LogP contribution in [0.15, 0.2) is 52.5 Å². The highest BCUT2D eigenvalue weighted by Gasteiger charge is 2.13. The highest BCUT2D eigenvalue weighted by Crippen LogP contribution is 2.17. The third kappa shape index (κ3) is 6.55. The highest BCUT2D eigenvalue weighted by molar-refractivity contribution is 7.14. The lowest BCUT2D eigenvalue weighted by Crippen LogP contribution is -2.24. The summed E-state index contributed by atoms with van der Waals surface area (Å²) in [6.07, 6.45) is 1.74. The summed E-state index contributed by atoms with van der Waals surface area (Å²) in [6, 6.07) is 11.1. The van der Waals surface area contributed by atoms with Crippen LogP contribution < -0.4 is 10.6 Å². The number of amides is 2. The first-order chi connectivity index (χ1) is 14.0. The molecule has 0 saturated carbocycles. The largest absolute Gasteiger partial charge is 0.459 e. The molecule has 2 amide bonds. The summed E-state index contributed by atoms with van der Waals surface area (Å²) in [4.78, 5) is 28.5. The Balaban J connectivity index is 1.47. The minimum Gasteiger partial charge on any atom is -0.459 e. The van der Waals surface area contributed by atoms with Crippen LogP contribution in [0.2, 0.25) is 0 Å². The lowest BCUT2D eigenvalue weighted by atomic mass is 10.1. The number of benzene rings is 1. The molecule has 0 radical (unpaired) electrons. The van der Waals surface area contributed by atoms with Crippen molar-refractivity contribution < 1.29 is 18.7 Å². The Hall–Kier alpha value is -2.97. The molecule has 2 heterocycles. The molecule has 0 atom stereocenters. The van der Waals surface area contributed by atoms with E-state index in [0.29, 0.717) is 24.0 Å². The fourth-order valence-corrected chi connectivity index (χ4v) is 3.24. The predicted octanol–water partition coefficient (Wildman–Crippen LogP) is 3.77. The van der Waals surface area contributed by atoms with Crippen LogP contribution in [0.5, 0.6) is 0 Å². The number of hydrogen-bond acceptors (Lipinski definition) is 6. The summed E-state index contributed by atoms with van der Waals surface area (Å²) < 4.78 is 10.7. The van der Waals surface area contributed by atoms with E-state index in [-0.39, 0.29) is 30.1 Å². The van der Waals surface area contributed by atoms with Gasteiger partial charge in [0.1, 0.15) is 0 Å². The van der Waals surface area contributed by atoms with Gasteiger partial charge in [-0.3, -0.25) is 14.9 Å². The van der Waals surface area contributed by atoms with Crippen LogP contribution in [0.1, 0.15) is 41.2 Å². The summed E-state index contributed by atoms with van der Waals surface area (Å²) >= 11 is 1.26. The van der Waals surface area contributed by atoms with E-state index in [1.165, 1.54) is 17.6 Å². The molecule has 152 valence electrons. The summed E-state index contributed by atoms with van der Waals surface area (Å²) in [5.41, 5.74) is 2.68. The van der Waals surface area contributed by atoms with Crippen molar-refractivity contribution in [2.45, 2.75) is 39.5 Å². The molecular formula is C21H23N3O4S. The number of aromatic nitrogens is 1. The van der Waals surface area contributed by atoms with Gasteiger partial charge in [-0.05, 0) is 37.1 Å². The van der Waals surface area contributed by atoms with Gasteiger partial charge >= 0.3 is 0 Å². The van der Waals surface area contributed by atoms with Crippen LogP contribution >= 0.6 is 11.3 Å². The van der Waals surface area contributed by atoms with Crippen molar-refractivity contribution in [3.63, 3.8) is 0 Å². The van der Waals surface area contributed by atoms with Gasteiger partial charge in [0.15, 0.2) is 10.9 Å². The Kier molecular flexibility index (Phi) is 7.15. The number of hydrogen-bond donors (Lipinski definition) is 2. The minimum absolute atomic E-state index is 0.136. The number of carbonyl (C=O) groups excluding carboxylic acids is 2. The fraction of sp³-hybridized carbons (Fsp3) is 0.286. The molecular weight excluding hydrogens is 390 g/mol. The van der Waals surface area contributed by atoms with Gasteiger partial charge in [0.25, 0.3) is 5.91 Å². The fourth-order valence-electron chi connectivity index (χ4n) is 2.53. The number of anilines is 1. The molecule has 8 heteroatoms. The molecule has 29 heavy (non-hydrogen) atoms. The van der Waals surface area contributed by atoms with Crippen LogP contribution in [-0.2, 0) is 29.1 Å². The molecule has 1 aromatic carbocycles. The average Bonchev–Trinajstić information content (AvgIpc) is 3.37. The second-order valence-corrected chi connectivity index (χ2v) is 7.57. The second kappa shape index (κ2) is 9.99. The van der Waals surface area contributed by atoms with Crippen molar-refractivity contribution in [2.75, 3.05) is 5.32 Å². The van der Waals surface area contributed by atoms with E-state index in [2.05, 4.69) is 15.6 Å². The SMILES string of the molecule is CC(C)OCc1cccc(CNC(=O)Cc2csc(NC(=O)c3ccco3)n2)c1. The Bertz CT molecular complexity index is 951. The zero-order valence-corrected chi connectivity index (χ0v) is 17.1. The zero-order chi connectivity index (χ0) is 20.6.